The van der Waals surface area contributed by atoms with Crippen LogP contribution in [-0.4, -0.2) is 53.5 Å². The van der Waals surface area contributed by atoms with Crippen LogP contribution < -0.4 is 0 Å². The van der Waals surface area contributed by atoms with Crippen LogP contribution in [0.25, 0.3) is 44.2 Å². The van der Waals surface area contributed by atoms with Crippen LogP contribution in [0.2, 0.25) is 5.02 Å². The number of aromatic nitrogens is 6. The molecule has 1 spiro atoms. The van der Waals surface area contributed by atoms with E-state index >= 15 is 0 Å². The van der Waals surface area contributed by atoms with Gasteiger partial charge < -0.3 is 4.90 Å². The summed E-state index contributed by atoms with van der Waals surface area (Å²) in [6.45, 7) is 5.93. The van der Waals surface area contributed by atoms with E-state index < -0.39 is 0 Å². The van der Waals surface area contributed by atoms with E-state index in [2.05, 4.69) is 75.0 Å². The summed E-state index contributed by atoms with van der Waals surface area (Å²) < 4.78 is 6.13. The zero-order valence-corrected chi connectivity index (χ0v) is 25.2. The maximum atomic E-state index is 11.2. The molecule has 1 unspecified atom stereocenters. The fourth-order valence-corrected chi connectivity index (χ4v) is 8.31. The number of halogens is 2. The molecule has 38 heavy (non-hydrogen) atoms. The lowest BCUT2D eigenvalue weighted by Gasteiger charge is -2.58. The van der Waals surface area contributed by atoms with Gasteiger partial charge in [-0.1, -0.05) is 17.7 Å². The molecule has 0 bridgehead atoms. The molecule has 8 nitrogen and oxygen atoms in total. The summed E-state index contributed by atoms with van der Waals surface area (Å²) in [5.74, 6) is 0. The maximum absolute atomic E-state index is 11.2. The van der Waals surface area contributed by atoms with E-state index in [-0.39, 0.29) is 5.41 Å². The van der Waals surface area contributed by atoms with E-state index in [4.69, 9.17) is 16.7 Å². The van der Waals surface area contributed by atoms with Crippen molar-refractivity contribution in [3.63, 3.8) is 0 Å². The smallest absolute Gasteiger partial charge is 0.209 e. The number of benzene rings is 2. The number of carbonyl (C=O) groups excluding carboxylic acids is 1. The third-order valence-corrected chi connectivity index (χ3v) is 10.8. The molecule has 1 saturated carbocycles. The Hall–Kier alpha value is -2.49. The van der Waals surface area contributed by atoms with Gasteiger partial charge in [0.15, 0.2) is 0 Å². The Morgan fingerprint density at radius 3 is 2.63 bits per heavy atom. The molecule has 1 aliphatic carbocycles. The molecule has 2 aliphatic rings. The highest BCUT2D eigenvalue weighted by molar-refractivity contribution is 14.2. The molecular weight excluding hydrogens is 632 g/mol. The third-order valence-electron chi connectivity index (χ3n) is 8.40. The number of carbonyl (C=O) groups is 1. The molecule has 0 radical (unpaired) electrons. The standard InChI is InChI=1S/C27H26ClIN7OP/c1-15-6-22-20(11-31-36(22)38-29)24(25(15)28)23-16(2)35(19-8-27(9-19)12-34(13-27)14-37)32-26(23)17-4-5-21-18(7-17)10-30-33(21)3/h4-7,10-11,14,19,38H,8-9,12-13H2,1-3H3. The minimum atomic E-state index is 0.246. The first-order valence-electron chi connectivity index (χ1n) is 12.6. The molecule has 3 aromatic heterocycles. The first-order valence-corrected chi connectivity index (χ1v) is 17.0. The fourth-order valence-electron chi connectivity index (χ4n) is 6.53. The van der Waals surface area contributed by atoms with Crippen molar-refractivity contribution in [2.75, 3.05) is 13.1 Å². The van der Waals surface area contributed by atoms with E-state index in [0.29, 0.717) is 12.4 Å². The molecule has 4 heterocycles. The van der Waals surface area contributed by atoms with Crippen molar-refractivity contribution in [2.45, 2.75) is 32.7 Å². The highest BCUT2D eigenvalue weighted by Gasteiger charge is 2.53. The molecule has 5 aromatic rings. The third kappa shape index (κ3) is 3.51. The van der Waals surface area contributed by atoms with Crippen LogP contribution in [0.15, 0.2) is 36.7 Å². The van der Waals surface area contributed by atoms with Gasteiger partial charge in [-0.15, -0.1) is 0 Å². The molecule has 1 saturated heterocycles. The molecule has 1 aliphatic heterocycles. The summed E-state index contributed by atoms with van der Waals surface area (Å²) in [6.07, 6.45) is 7.36. The minimum Gasteiger partial charge on any atom is -0.344 e. The SMILES string of the molecule is Cc1cc2c(cnn2PI)c(-c2c(-c3ccc4c(cnn4C)c3)nn(C3CC4(C3)CN(C=O)C4)c2C)c1Cl. The monoisotopic (exact) mass is 657 g/mol. The van der Waals surface area contributed by atoms with Crippen LogP contribution in [0.5, 0.6) is 0 Å². The largest absolute Gasteiger partial charge is 0.344 e. The lowest BCUT2D eigenvalue weighted by atomic mass is 9.61. The van der Waals surface area contributed by atoms with Crippen molar-refractivity contribution in [2.24, 2.45) is 12.5 Å². The molecule has 2 fully saturated rings. The zero-order valence-electron chi connectivity index (χ0n) is 21.2. The molecule has 0 N–H and O–H groups in total. The summed E-state index contributed by atoms with van der Waals surface area (Å²) in [6, 6.07) is 8.85. The molecule has 2 aromatic carbocycles. The van der Waals surface area contributed by atoms with Crippen LogP contribution in [0.3, 0.4) is 0 Å². The second kappa shape index (κ2) is 8.76. The van der Waals surface area contributed by atoms with Gasteiger partial charge in [0, 0.05) is 58.7 Å². The van der Waals surface area contributed by atoms with Gasteiger partial charge in [0.25, 0.3) is 0 Å². The lowest BCUT2D eigenvalue weighted by Crippen LogP contribution is -2.61. The Labute approximate surface area is 239 Å². The quantitative estimate of drug-likeness (QED) is 0.126. The normalized spacial score (nSPS) is 17.2. The number of fused-ring (bicyclic) bond motifs is 2. The van der Waals surface area contributed by atoms with Crippen LogP contribution in [0.1, 0.15) is 30.1 Å². The van der Waals surface area contributed by atoms with Crippen molar-refractivity contribution in [3.05, 3.63) is 52.9 Å². The first-order chi connectivity index (χ1) is 18.3. The molecular formula is C27H26ClIN7OP. The summed E-state index contributed by atoms with van der Waals surface area (Å²) >= 11 is 9.47. The Morgan fingerprint density at radius 2 is 1.89 bits per heavy atom. The molecule has 194 valence electrons. The summed E-state index contributed by atoms with van der Waals surface area (Å²) in [5.41, 5.74) is 8.57. The summed E-state index contributed by atoms with van der Waals surface area (Å²) in [7, 11) is 1.96. The van der Waals surface area contributed by atoms with E-state index in [0.717, 1.165) is 92.8 Å². The molecule has 1 atom stereocenters. The van der Waals surface area contributed by atoms with Gasteiger partial charge in [-0.25, -0.2) is 4.45 Å². The van der Waals surface area contributed by atoms with Crippen molar-refractivity contribution in [1.29, 1.82) is 0 Å². The minimum absolute atomic E-state index is 0.246. The topological polar surface area (TPSA) is 73.8 Å². The first kappa shape index (κ1) is 24.5. The van der Waals surface area contributed by atoms with Crippen molar-refractivity contribution in [1.82, 2.24) is 34.0 Å². The lowest BCUT2D eigenvalue weighted by molar-refractivity contribution is -0.140. The van der Waals surface area contributed by atoms with E-state index in [1.54, 1.807) is 0 Å². The van der Waals surface area contributed by atoms with Crippen molar-refractivity contribution >= 4 is 68.2 Å². The van der Waals surface area contributed by atoms with Crippen LogP contribution in [0, 0.1) is 19.3 Å². The van der Waals surface area contributed by atoms with Gasteiger partial charge in [-0.05, 0) is 72.5 Å². The molecule has 1 amide bonds. The second-order valence-electron chi connectivity index (χ2n) is 10.8. The Balaban J connectivity index is 1.43. The molecule has 7 rings (SSSR count). The summed E-state index contributed by atoms with van der Waals surface area (Å²) in [5, 5.41) is 17.3. The zero-order chi connectivity index (χ0) is 26.3. The average molecular weight is 658 g/mol. The highest BCUT2D eigenvalue weighted by Crippen LogP contribution is 2.55. The van der Waals surface area contributed by atoms with Gasteiger partial charge in [0.05, 0.1) is 40.9 Å². The number of amides is 1. The number of nitrogens with zero attached hydrogens (tertiary/aromatic N) is 7. The number of likely N-dealkylation sites (tertiary alicyclic amines) is 1. The van der Waals surface area contributed by atoms with Crippen LogP contribution in [0.4, 0.5) is 0 Å². The Kier molecular flexibility index (Phi) is 5.66. The fraction of sp³-hybridized carbons (Fsp3) is 0.333. The molecule has 11 heteroatoms. The highest BCUT2D eigenvalue weighted by atomic mass is 127. The Bertz CT molecular complexity index is 1760. The number of aryl methyl sites for hydroxylation is 2. The number of hydrogen-bond acceptors (Lipinski definition) is 4. The van der Waals surface area contributed by atoms with Crippen LogP contribution >= 0.6 is 40.0 Å². The van der Waals surface area contributed by atoms with Crippen molar-refractivity contribution in [3.8, 4) is 22.4 Å². The summed E-state index contributed by atoms with van der Waals surface area (Å²) in [4.78, 5) is 13.0. The van der Waals surface area contributed by atoms with Gasteiger partial charge in [-0.3, -0.25) is 14.2 Å². The van der Waals surface area contributed by atoms with Gasteiger partial charge in [0.1, 0.15) is 5.69 Å². The predicted octanol–water partition coefficient (Wildman–Crippen LogP) is 6.31. The van der Waals surface area contributed by atoms with Crippen molar-refractivity contribution < 1.29 is 4.79 Å². The predicted molar refractivity (Wildman–Crippen MR) is 161 cm³/mol. The second-order valence-corrected chi connectivity index (χ2v) is 13.2. The van der Waals surface area contributed by atoms with E-state index in [9.17, 15) is 4.79 Å². The maximum Gasteiger partial charge on any atom is 0.209 e. The number of rotatable bonds is 5. The van der Waals surface area contributed by atoms with E-state index in [1.807, 2.05) is 33.5 Å². The van der Waals surface area contributed by atoms with E-state index in [1.165, 1.54) is 0 Å². The number of hydrogen-bond donors (Lipinski definition) is 0. The van der Waals surface area contributed by atoms with Gasteiger partial charge >= 0.3 is 0 Å². The Morgan fingerprint density at radius 1 is 1.11 bits per heavy atom. The van der Waals surface area contributed by atoms with Crippen LogP contribution in [-0.2, 0) is 11.8 Å². The van der Waals surface area contributed by atoms with Gasteiger partial charge in [-0.2, -0.15) is 15.3 Å². The van der Waals surface area contributed by atoms with Gasteiger partial charge in [0.2, 0.25) is 6.41 Å². The average Bonchev–Trinajstić information content (AvgIpc) is 3.54.